The number of rotatable bonds is 0. The first kappa shape index (κ1) is 9.74. The molecular formula is C10H12ClN5. The van der Waals surface area contributed by atoms with Crippen molar-refractivity contribution >= 4 is 23.0 Å². The summed E-state index contributed by atoms with van der Waals surface area (Å²) in [5.74, 6) is 0. The van der Waals surface area contributed by atoms with Gasteiger partial charge in [-0.25, -0.2) is 4.98 Å². The van der Waals surface area contributed by atoms with Gasteiger partial charge in [-0.3, -0.25) is 5.01 Å². The standard InChI is InChI=1S/C10H12ClN5/c1-15-5-7-8(13-14-16(7)2)6-3-4-12-10(11)9(6)15/h3-4,13-14H,5H2,1-2H3. The highest BCUT2D eigenvalue weighted by molar-refractivity contribution is 6.32. The zero-order chi connectivity index (χ0) is 11.3. The van der Waals surface area contributed by atoms with Crippen molar-refractivity contribution in [3.63, 3.8) is 0 Å². The third-order valence-corrected chi connectivity index (χ3v) is 3.24. The van der Waals surface area contributed by atoms with Gasteiger partial charge in [0.1, 0.15) is 0 Å². The van der Waals surface area contributed by atoms with Crippen molar-refractivity contribution in [1.29, 1.82) is 0 Å². The van der Waals surface area contributed by atoms with Crippen LogP contribution in [-0.2, 0) is 0 Å². The minimum Gasteiger partial charge on any atom is -0.366 e. The zero-order valence-electron chi connectivity index (χ0n) is 9.08. The molecule has 0 saturated heterocycles. The molecule has 0 spiro atoms. The first-order valence-corrected chi connectivity index (χ1v) is 5.41. The van der Waals surface area contributed by atoms with Gasteiger partial charge in [0.25, 0.3) is 0 Å². The van der Waals surface area contributed by atoms with Crippen LogP contribution in [0.1, 0.15) is 5.56 Å². The number of nitrogens with one attached hydrogen (secondary N) is 2. The lowest BCUT2D eigenvalue weighted by molar-refractivity contribution is 0.304. The van der Waals surface area contributed by atoms with E-state index in [9.17, 15) is 0 Å². The summed E-state index contributed by atoms with van der Waals surface area (Å²) in [6.07, 6.45) is 1.73. The Labute approximate surface area is 98.6 Å². The molecule has 0 aliphatic carbocycles. The maximum Gasteiger partial charge on any atom is 0.152 e. The molecule has 3 heterocycles. The van der Waals surface area contributed by atoms with Crippen LogP contribution in [0.2, 0.25) is 5.15 Å². The Kier molecular flexibility index (Phi) is 1.99. The Bertz CT molecular complexity index is 484. The monoisotopic (exact) mass is 237 g/mol. The molecule has 1 aromatic heterocycles. The molecule has 0 radical (unpaired) electrons. The van der Waals surface area contributed by atoms with Gasteiger partial charge in [0.05, 0.1) is 23.6 Å². The molecule has 5 nitrogen and oxygen atoms in total. The molecule has 0 atom stereocenters. The largest absolute Gasteiger partial charge is 0.366 e. The number of likely N-dealkylation sites (N-methyl/N-ethyl adjacent to an activating group) is 2. The zero-order valence-corrected chi connectivity index (χ0v) is 9.84. The minimum absolute atomic E-state index is 0.544. The van der Waals surface area contributed by atoms with Crippen LogP contribution in [0.5, 0.6) is 0 Å². The highest BCUT2D eigenvalue weighted by Crippen LogP contribution is 2.37. The lowest BCUT2D eigenvalue weighted by Gasteiger charge is -2.29. The number of nitrogens with zero attached hydrogens (tertiary/aromatic N) is 3. The van der Waals surface area contributed by atoms with Crippen LogP contribution >= 0.6 is 11.6 Å². The second kappa shape index (κ2) is 3.26. The van der Waals surface area contributed by atoms with Gasteiger partial charge in [-0.05, 0) is 6.07 Å². The van der Waals surface area contributed by atoms with E-state index in [0.717, 1.165) is 23.5 Å². The Hall–Kier alpha value is -1.46. The van der Waals surface area contributed by atoms with Gasteiger partial charge in [-0.15, -0.1) is 5.53 Å². The molecule has 3 rings (SSSR count). The second-order valence-electron chi connectivity index (χ2n) is 3.97. The Morgan fingerprint density at radius 2 is 2.25 bits per heavy atom. The van der Waals surface area contributed by atoms with Crippen LogP contribution in [0, 0.1) is 0 Å². The third-order valence-electron chi connectivity index (χ3n) is 2.96. The van der Waals surface area contributed by atoms with Crippen molar-refractivity contribution in [2.24, 2.45) is 0 Å². The fourth-order valence-corrected chi connectivity index (χ4v) is 2.45. The number of fused-ring (bicyclic) bond motifs is 2. The molecule has 0 saturated carbocycles. The fraction of sp³-hybridized carbons (Fsp3) is 0.300. The van der Waals surface area contributed by atoms with E-state index in [1.807, 2.05) is 25.2 Å². The highest BCUT2D eigenvalue weighted by atomic mass is 35.5. The third kappa shape index (κ3) is 1.19. The second-order valence-corrected chi connectivity index (χ2v) is 4.33. The first-order chi connectivity index (χ1) is 7.68. The van der Waals surface area contributed by atoms with E-state index in [1.54, 1.807) is 6.20 Å². The molecule has 0 unspecified atom stereocenters. The van der Waals surface area contributed by atoms with Crippen molar-refractivity contribution in [3.05, 3.63) is 28.7 Å². The van der Waals surface area contributed by atoms with Crippen molar-refractivity contribution in [3.8, 4) is 0 Å². The minimum atomic E-state index is 0.544. The summed E-state index contributed by atoms with van der Waals surface area (Å²) in [7, 11) is 4.00. The number of aromatic nitrogens is 1. The van der Waals surface area contributed by atoms with E-state index >= 15 is 0 Å². The normalized spacial score (nSPS) is 18.4. The molecule has 0 bridgehead atoms. The van der Waals surface area contributed by atoms with Crippen molar-refractivity contribution < 1.29 is 0 Å². The Morgan fingerprint density at radius 1 is 1.44 bits per heavy atom. The predicted molar refractivity (Wildman–Crippen MR) is 63.5 cm³/mol. The van der Waals surface area contributed by atoms with Crippen molar-refractivity contribution in [2.75, 3.05) is 25.5 Å². The molecule has 0 aromatic carbocycles. The van der Waals surface area contributed by atoms with Gasteiger partial charge in [-0.2, -0.15) is 0 Å². The molecule has 1 aromatic rings. The topological polar surface area (TPSA) is 43.4 Å². The number of anilines is 1. The average molecular weight is 238 g/mol. The maximum absolute atomic E-state index is 6.13. The van der Waals surface area contributed by atoms with Gasteiger partial charge < -0.3 is 10.3 Å². The number of hydrogen-bond acceptors (Lipinski definition) is 5. The molecule has 2 aliphatic rings. The molecule has 84 valence electrons. The Balaban J connectivity index is 2.22. The summed E-state index contributed by atoms with van der Waals surface area (Å²) in [5, 5.41) is 2.52. The molecule has 6 heteroatoms. The summed E-state index contributed by atoms with van der Waals surface area (Å²) in [4.78, 5) is 6.22. The smallest absolute Gasteiger partial charge is 0.152 e. The predicted octanol–water partition coefficient (Wildman–Crippen LogP) is 0.808. The molecule has 0 amide bonds. The van der Waals surface area contributed by atoms with Crippen LogP contribution < -0.4 is 15.9 Å². The molecular weight excluding hydrogens is 226 g/mol. The molecule has 16 heavy (non-hydrogen) atoms. The van der Waals surface area contributed by atoms with E-state index < -0.39 is 0 Å². The summed E-state index contributed by atoms with van der Waals surface area (Å²) in [6, 6.07) is 1.97. The van der Waals surface area contributed by atoms with Gasteiger partial charge >= 0.3 is 0 Å². The number of halogens is 1. The van der Waals surface area contributed by atoms with Crippen molar-refractivity contribution in [2.45, 2.75) is 0 Å². The van der Waals surface area contributed by atoms with Crippen LogP contribution in [0.25, 0.3) is 5.70 Å². The highest BCUT2D eigenvalue weighted by Gasteiger charge is 2.30. The van der Waals surface area contributed by atoms with Gasteiger partial charge in [-0.1, -0.05) is 11.6 Å². The number of pyridine rings is 1. The van der Waals surface area contributed by atoms with E-state index in [1.165, 1.54) is 5.70 Å². The van der Waals surface area contributed by atoms with Gasteiger partial charge in [0.15, 0.2) is 5.15 Å². The van der Waals surface area contributed by atoms with E-state index in [2.05, 4.69) is 20.8 Å². The SMILES string of the molecule is CN1NNC2=C1CN(C)c1c2ccnc1Cl. The van der Waals surface area contributed by atoms with Crippen LogP contribution in [0.3, 0.4) is 0 Å². The van der Waals surface area contributed by atoms with Gasteiger partial charge in [0, 0.05) is 25.9 Å². The van der Waals surface area contributed by atoms with E-state index in [-0.39, 0.29) is 0 Å². The summed E-state index contributed by atoms with van der Waals surface area (Å²) >= 11 is 6.13. The van der Waals surface area contributed by atoms with Crippen LogP contribution in [-0.4, -0.2) is 30.6 Å². The number of hydrogen-bond donors (Lipinski definition) is 2. The lowest BCUT2D eigenvalue weighted by atomic mass is 10.1. The number of hydrazine groups is 2. The van der Waals surface area contributed by atoms with E-state index in [4.69, 9.17) is 11.6 Å². The summed E-state index contributed by atoms with van der Waals surface area (Å²) < 4.78 is 0. The van der Waals surface area contributed by atoms with Crippen LogP contribution in [0.4, 0.5) is 5.69 Å². The average Bonchev–Trinajstić information content (AvgIpc) is 2.61. The molecule has 2 N–H and O–H groups in total. The fourth-order valence-electron chi connectivity index (χ4n) is 2.15. The van der Waals surface area contributed by atoms with Gasteiger partial charge in [0.2, 0.25) is 0 Å². The quantitative estimate of drug-likeness (QED) is 0.654. The lowest BCUT2D eigenvalue weighted by Crippen LogP contribution is -2.36. The molecule has 0 fully saturated rings. The van der Waals surface area contributed by atoms with E-state index in [0.29, 0.717) is 5.15 Å². The van der Waals surface area contributed by atoms with Crippen molar-refractivity contribution in [1.82, 2.24) is 21.0 Å². The summed E-state index contributed by atoms with van der Waals surface area (Å²) in [5.41, 5.74) is 10.6. The Morgan fingerprint density at radius 3 is 3.06 bits per heavy atom. The molecule has 2 aliphatic heterocycles. The maximum atomic E-state index is 6.13. The summed E-state index contributed by atoms with van der Waals surface area (Å²) in [6.45, 7) is 0.810. The first-order valence-electron chi connectivity index (χ1n) is 5.03. The van der Waals surface area contributed by atoms with Crippen LogP contribution in [0.15, 0.2) is 18.0 Å².